The first-order chi connectivity index (χ1) is 6.70. The molecule has 3 N–H and O–H groups in total. The van der Waals surface area contributed by atoms with Gasteiger partial charge in [0.25, 0.3) is 5.17 Å². The van der Waals surface area contributed by atoms with E-state index in [1.165, 1.54) is 0 Å². The number of thiocarbonyl (C=S) groups is 1. The number of hydrogen-bond donors (Lipinski definition) is 2. The Morgan fingerprint density at radius 3 is 2.79 bits per heavy atom. The van der Waals surface area contributed by atoms with Crippen molar-refractivity contribution in [3.63, 3.8) is 0 Å². The largest absolute Gasteiger partial charge is 0.471 e. The minimum absolute atomic E-state index is 0.230. The monoisotopic (exact) mass is 218 g/mol. The molecule has 0 aromatic rings. The van der Waals surface area contributed by atoms with Gasteiger partial charge in [0.05, 0.1) is 6.61 Å². The van der Waals surface area contributed by atoms with Crippen molar-refractivity contribution in [3.05, 3.63) is 0 Å². The van der Waals surface area contributed by atoms with Crippen LogP contribution in [0.4, 0.5) is 0 Å². The zero-order valence-electron chi connectivity index (χ0n) is 9.21. The lowest BCUT2D eigenvalue weighted by Crippen LogP contribution is -2.27. The van der Waals surface area contributed by atoms with E-state index in [1.807, 2.05) is 0 Å². The molecule has 0 heterocycles. The molecule has 4 heteroatoms. The van der Waals surface area contributed by atoms with Crippen LogP contribution in [-0.2, 0) is 4.74 Å². The summed E-state index contributed by atoms with van der Waals surface area (Å²) in [6, 6.07) is 0.230. The fraction of sp³-hybridized carbons (Fsp3) is 0.900. The maximum atomic E-state index is 5.74. The average Bonchev–Trinajstić information content (AvgIpc) is 2.18. The molecular formula is C10H22N2OS. The van der Waals surface area contributed by atoms with Crippen LogP contribution in [0.15, 0.2) is 0 Å². The Labute approximate surface area is 92.4 Å². The molecule has 0 rings (SSSR count). The Morgan fingerprint density at radius 1 is 1.50 bits per heavy atom. The molecule has 84 valence electrons. The van der Waals surface area contributed by atoms with Crippen molar-refractivity contribution in [1.82, 2.24) is 5.32 Å². The number of rotatable bonds is 7. The van der Waals surface area contributed by atoms with Gasteiger partial charge in [0.1, 0.15) is 0 Å². The summed E-state index contributed by atoms with van der Waals surface area (Å²) in [6.45, 7) is 5.73. The lowest BCUT2D eigenvalue weighted by molar-refractivity contribution is 0.279. The highest BCUT2D eigenvalue weighted by Crippen LogP contribution is 1.94. The van der Waals surface area contributed by atoms with E-state index in [-0.39, 0.29) is 6.04 Å². The van der Waals surface area contributed by atoms with E-state index in [0.717, 1.165) is 32.2 Å². The molecule has 0 aromatic heterocycles. The molecule has 0 aliphatic heterocycles. The van der Waals surface area contributed by atoms with Crippen LogP contribution < -0.4 is 11.1 Å². The van der Waals surface area contributed by atoms with Crippen molar-refractivity contribution < 1.29 is 4.74 Å². The van der Waals surface area contributed by atoms with Gasteiger partial charge in [0.15, 0.2) is 0 Å². The molecule has 0 aliphatic carbocycles. The molecule has 1 atom stereocenters. The standard InChI is InChI=1S/C10H22N2OS/c1-3-5-7-12-10(14)13-8-6-9(11)4-2/h9H,3-8,11H2,1-2H3,(H,12,14). The summed E-state index contributed by atoms with van der Waals surface area (Å²) < 4.78 is 5.30. The van der Waals surface area contributed by atoms with Gasteiger partial charge in [0.2, 0.25) is 0 Å². The van der Waals surface area contributed by atoms with Crippen LogP contribution in [0, 0.1) is 0 Å². The zero-order chi connectivity index (χ0) is 10.8. The van der Waals surface area contributed by atoms with Crippen molar-refractivity contribution >= 4 is 17.4 Å². The third-order valence-corrected chi connectivity index (χ3v) is 2.31. The molecular weight excluding hydrogens is 196 g/mol. The molecule has 0 amide bonds. The van der Waals surface area contributed by atoms with Gasteiger partial charge in [-0.2, -0.15) is 0 Å². The predicted octanol–water partition coefficient (Wildman–Crippen LogP) is 1.80. The Hall–Kier alpha value is -0.350. The van der Waals surface area contributed by atoms with Crippen LogP contribution >= 0.6 is 12.2 Å². The second-order valence-corrected chi connectivity index (χ2v) is 3.74. The van der Waals surface area contributed by atoms with E-state index in [2.05, 4.69) is 19.2 Å². The van der Waals surface area contributed by atoms with E-state index in [0.29, 0.717) is 11.8 Å². The normalized spacial score (nSPS) is 12.2. The van der Waals surface area contributed by atoms with Crippen LogP contribution in [0.25, 0.3) is 0 Å². The Balaban J connectivity index is 3.26. The highest BCUT2D eigenvalue weighted by atomic mass is 32.1. The molecule has 0 saturated carbocycles. The predicted molar refractivity (Wildman–Crippen MR) is 64.3 cm³/mol. The van der Waals surface area contributed by atoms with Gasteiger partial charge >= 0.3 is 0 Å². The van der Waals surface area contributed by atoms with Crippen LogP contribution in [-0.4, -0.2) is 24.4 Å². The van der Waals surface area contributed by atoms with E-state index < -0.39 is 0 Å². The number of nitrogens with one attached hydrogen (secondary N) is 1. The van der Waals surface area contributed by atoms with Crippen molar-refractivity contribution in [2.45, 2.75) is 45.6 Å². The van der Waals surface area contributed by atoms with Crippen LogP contribution in [0.2, 0.25) is 0 Å². The van der Waals surface area contributed by atoms with Gasteiger partial charge < -0.3 is 15.8 Å². The minimum Gasteiger partial charge on any atom is -0.471 e. The van der Waals surface area contributed by atoms with Crippen LogP contribution in [0.1, 0.15) is 39.5 Å². The molecule has 3 nitrogen and oxygen atoms in total. The summed E-state index contributed by atoms with van der Waals surface area (Å²) in [6.07, 6.45) is 4.14. The third kappa shape index (κ3) is 8.26. The summed E-state index contributed by atoms with van der Waals surface area (Å²) in [4.78, 5) is 0. The molecule has 1 unspecified atom stereocenters. The fourth-order valence-electron chi connectivity index (χ4n) is 0.925. The molecule has 14 heavy (non-hydrogen) atoms. The summed E-state index contributed by atoms with van der Waals surface area (Å²) >= 11 is 4.98. The molecule has 0 fully saturated rings. The molecule has 0 bridgehead atoms. The number of nitrogens with two attached hydrogens (primary N) is 1. The third-order valence-electron chi connectivity index (χ3n) is 2.05. The van der Waals surface area contributed by atoms with Crippen molar-refractivity contribution in [1.29, 1.82) is 0 Å². The van der Waals surface area contributed by atoms with Crippen molar-refractivity contribution in [2.75, 3.05) is 13.2 Å². The SMILES string of the molecule is CCCCNC(=S)OCCC(N)CC. The molecule has 0 radical (unpaired) electrons. The smallest absolute Gasteiger partial charge is 0.256 e. The first-order valence-corrected chi connectivity index (χ1v) is 5.77. The zero-order valence-corrected chi connectivity index (χ0v) is 10.0. The van der Waals surface area contributed by atoms with Crippen LogP contribution in [0.5, 0.6) is 0 Å². The van der Waals surface area contributed by atoms with Crippen LogP contribution in [0.3, 0.4) is 0 Å². The van der Waals surface area contributed by atoms with Gasteiger partial charge in [-0.05, 0) is 31.5 Å². The maximum Gasteiger partial charge on any atom is 0.256 e. The van der Waals surface area contributed by atoms with E-state index >= 15 is 0 Å². The summed E-state index contributed by atoms with van der Waals surface area (Å²) in [5.41, 5.74) is 5.74. The highest BCUT2D eigenvalue weighted by molar-refractivity contribution is 7.80. The summed E-state index contributed by atoms with van der Waals surface area (Å²) in [7, 11) is 0. The van der Waals surface area contributed by atoms with E-state index in [4.69, 9.17) is 22.7 Å². The topological polar surface area (TPSA) is 47.3 Å². The molecule has 0 aromatic carbocycles. The molecule has 0 saturated heterocycles. The number of ether oxygens (including phenoxy) is 1. The highest BCUT2D eigenvalue weighted by Gasteiger charge is 2.00. The number of unbranched alkanes of at least 4 members (excludes halogenated alkanes) is 1. The van der Waals surface area contributed by atoms with Gasteiger partial charge in [-0.25, -0.2) is 0 Å². The van der Waals surface area contributed by atoms with Gasteiger partial charge in [0, 0.05) is 12.6 Å². The van der Waals surface area contributed by atoms with Crippen molar-refractivity contribution in [2.24, 2.45) is 5.73 Å². The maximum absolute atomic E-state index is 5.74. The minimum atomic E-state index is 0.230. The van der Waals surface area contributed by atoms with E-state index in [9.17, 15) is 0 Å². The lowest BCUT2D eigenvalue weighted by atomic mass is 10.2. The average molecular weight is 218 g/mol. The Kier molecular flexibility index (Phi) is 8.98. The van der Waals surface area contributed by atoms with E-state index in [1.54, 1.807) is 0 Å². The fourth-order valence-corrected chi connectivity index (χ4v) is 1.11. The second-order valence-electron chi connectivity index (χ2n) is 3.37. The van der Waals surface area contributed by atoms with Gasteiger partial charge in [-0.1, -0.05) is 20.3 Å². The Bertz CT molecular complexity index is 153. The first-order valence-electron chi connectivity index (χ1n) is 5.36. The molecule has 0 aliphatic rings. The number of hydrogen-bond acceptors (Lipinski definition) is 3. The second kappa shape index (κ2) is 9.21. The first kappa shape index (κ1) is 13.7. The Morgan fingerprint density at radius 2 is 2.21 bits per heavy atom. The molecule has 0 spiro atoms. The van der Waals surface area contributed by atoms with Crippen molar-refractivity contribution in [3.8, 4) is 0 Å². The summed E-state index contributed by atoms with van der Waals surface area (Å²) in [5.74, 6) is 0. The van der Waals surface area contributed by atoms with Gasteiger partial charge in [-0.3, -0.25) is 0 Å². The quantitative estimate of drug-likeness (QED) is 0.505. The van der Waals surface area contributed by atoms with Gasteiger partial charge in [-0.15, -0.1) is 0 Å². The summed E-state index contributed by atoms with van der Waals surface area (Å²) in [5, 5.41) is 3.55. The lowest BCUT2D eigenvalue weighted by Gasteiger charge is -2.11.